The van der Waals surface area contributed by atoms with Crippen LogP contribution >= 0.6 is 11.6 Å². The molecule has 0 heterocycles. The molecular weight excluding hydrogens is 510 g/mol. The fraction of sp³-hybridized carbons (Fsp3) is 0.407. The summed E-state index contributed by atoms with van der Waals surface area (Å²) >= 11 is 6.05. The molecule has 0 aliphatic heterocycles. The number of amides is 3. The third-order valence-corrected chi connectivity index (χ3v) is 5.54. The van der Waals surface area contributed by atoms with Gasteiger partial charge in [0.05, 0.1) is 10.7 Å². The minimum atomic E-state index is -1.12. The number of hydrogen-bond acceptors (Lipinski definition) is 7. The van der Waals surface area contributed by atoms with E-state index in [4.69, 9.17) is 22.1 Å². The summed E-state index contributed by atoms with van der Waals surface area (Å²) in [5.41, 5.74) is 10.4. The number of carbonyl (C=O) groups excluding carboxylic acids is 4. The van der Waals surface area contributed by atoms with Gasteiger partial charge in [-0.3, -0.25) is 24.6 Å². The van der Waals surface area contributed by atoms with Crippen molar-refractivity contribution in [3.63, 3.8) is 0 Å². The first-order valence-electron chi connectivity index (χ1n) is 12.0. The molecule has 0 bridgehead atoms. The minimum Gasteiger partial charge on any atom is -0.459 e. The summed E-state index contributed by atoms with van der Waals surface area (Å²) in [4.78, 5) is 51.4. The number of esters is 1. The number of nitrogen functional groups attached to an aromatic ring is 1. The third kappa shape index (κ3) is 9.35. The molecule has 11 heteroatoms. The summed E-state index contributed by atoms with van der Waals surface area (Å²) in [6.07, 6.45) is 0. The first-order chi connectivity index (χ1) is 17.6. The lowest BCUT2D eigenvalue weighted by molar-refractivity contribution is -0.153. The van der Waals surface area contributed by atoms with Crippen LogP contribution in [0.5, 0.6) is 0 Å². The number of carbonyl (C=O) groups is 4. The number of halogens is 1. The van der Waals surface area contributed by atoms with Crippen molar-refractivity contribution in [1.29, 1.82) is 0 Å². The van der Waals surface area contributed by atoms with Crippen molar-refractivity contribution in [1.82, 2.24) is 21.5 Å². The van der Waals surface area contributed by atoms with Gasteiger partial charge in [0.2, 0.25) is 5.91 Å². The first-order valence-corrected chi connectivity index (χ1v) is 12.4. The van der Waals surface area contributed by atoms with Crippen molar-refractivity contribution >= 4 is 41.0 Å². The van der Waals surface area contributed by atoms with Gasteiger partial charge >= 0.3 is 5.97 Å². The van der Waals surface area contributed by atoms with Gasteiger partial charge in [0.25, 0.3) is 11.8 Å². The molecule has 2 aromatic rings. The van der Waals surface area contributed by atoms with E-state index in [1.807, 2.05) is 0 Å². The molecule has 38 heavy (non-hydrogen) atoms. The van der Waals surface area contributed by atoms with Gasteiger partial charge in [-0.05, 0) is 49.9 Å². The highest BCUT2D eigenvalue weighted by molar-refractivity contribution is 6.33. The second kappa shape index (κ2) is 12.7. The Kier molecular flexibility index (Phi) is 10.3. The van der Waals surface area contributed by atoms with Gasteiger partial charge in [0, 0.05) is 5.56 Å². The van der Waals surface area contributed by atoms with Gasteiger partial charge in [-0.1, -0.05) is 62.7 Å². The van der Waals surface area contributed by atoms with E-state index in [0.29, 0.717) is 11.3 Å². The molecule has 0 saturated heterocycles. The number of hydrogen-bond donors (Lipinski definition) is 5. The van der Waals surface area contributed by atoms with Crippen LogP contribution < -0.4 is 27.2 Å². The van der Waals surface area contributed by atoms with Crippen LogP contribution in [0.25, 0.3) is 0 Å². The van der Waals surface area contributed by atoms with Gasteiger partial charge in [-0.2, -0.15) is 0 Å². The molecule has 0 radical (unpaired) electrons. The van der Waals surface area contributed by atoms with Crippen molar-refractivity contribution in [2.75, 3.05) is 12.3 Å². The molecule has 0 fully saturated rings. The molecule has 0 aliphatic rings. The van der Waals surface area contributed by atoms with Crippen molar-refractivity contribution in [2.45, 2.75) is 59.2 Å². The second-order valence-corrected chi connectivity index (χ2v) is 11.2. The molecule has 206 valence electrons. The van der Waals surface area contributed by atoms with E-state index in [9.17, 15) is 19.2 Å². The highest BCUT2D eigenvalue weighted by atomic mass is 35.5. The summed E-state index contributed by atoms with van der Waals surface area (Å²) in [7, 11) is 0. The summed E-state index contributed by atoms with van der Waals surface area (Å²) in [5, 5.41) is 5.68. The molecule has 3 amide bonds. The van der Waals surface area contributed by atoms with Crippen LogP contribution in [0.3, 0.4) is 0 Å². The van der Waals surface area contributed by atoms with E-state index < -0.39 is 46.8 Å². The zero-order valence-electron chi connectivity index (χ0n) is 22.5. The molecule has 2 rings (SSSR count). The van der Waals surface area contributed by atoms with Crippen molar-refractivity contribution < 1.29 is 23.9 Å². The van der Waals surface area contributed by atoms with Crippen LogP contribution in [-0.4, -0.2) is 41.9 Å². The lowest BCUT2D eigenvalue weighted by Gasteiger charge is -2.32. The van der Waals surface area contributed by atoms with Gasteiger partial charge < -0.3 is 21.1 Å². The minimum absolute atomic E-state index is 0.217. The molecular formula is C27H36ClN5O5. The van der Waals surface area contributed by atoms with Crippen LogP contribution in [0, 0.1) is 5.41 Å². The number of benzene rings is 2. The van der Waals surface area contributed by atoms with Crippen LogP contribution in [0.4, 0.5) is 5.69 Å². The molecule has 1 unspecified atom stereocenters. The Hall–Kier alpha value is -3.63. The van der Waals surface area contributed by atoms with Gasteiger partial charge in [0.15, 0.2) is 0 Å². The van der Waals surface area contributed by atoms with Crippen molar-refractivity contribution in [3.05, 3.63) is 64.7 Å². The molecule has 10 nitrogen and oxygen atoms in total. The Morgan fingerprint density at radius 2 is 1.55 bits per heavy atom. The van der Waals surface area contributed by atoms with Crippen molar-refractivity contribution in [3.8, 4) is 0 Å². The Morgan fingerprint density at radius 1 is 0.921 bits per heavy atom. The molecule has 0 aromatic heterocycles. The standard InChI is InChI=1S/C27H36ClN5O5/c1-26(2,3)22(32-23(35)17-12-13-19(29)18(28)14-17)25(37)31-21(16-10-8-7-9-11-16)24(36)33-30-15-20(34)38-27(4,5)6/h7-14,21-22,30H,15,29H2,1-6H3,(H,31,37)(H,32,35)(H,33,36)/t21?,22-/m1/s1. The zero-order valence-corrected chi connectivity index (χ0v) is 23.2. The van der Waals surface area contributed by atoms with Gasteiger partial charge in [-0.25, -0.2) is 5.43 Å². The summed E-state index contributed by atoms with van der Waals surface area (Å²) in [6.45, 7) is 10.3. The van der Waals surface area contributed by atoms with E-state index in [1.165, 1.54) is 18.2 Å². The molecule has 2 aromatic carbocycles. The summed E-state index contributed by atoms with van der Waals surface area (Å²) in [5.74, 6) is -2.28. The van der Waals surface area contributed by atoms with E-state index in [2.05, 4.69) is 21.5 Å². The van der Waals surface area contributed by atoms with E-state index in [0.717, 1.165) is 0 Å². The molecule has 0 saturated carbocycles. The summed E-state index contributed by atoms with van der Waals surface area (Å²) < 4.78 is 5.21. The predicted molar refractivity (Wildman–Crippen MR) is 146 cm³/mol. The van der Waals surface area contributed by atoms with Gasteiger partial charge in [-0.15, -0.1) is 0 Å². The fourth-order valence-electron chi connectivity index (χ4n) is 3.38. The van der Waals surface area contributed by atoms with Crippen LogP contribution in [0.1, 0.15) is 63.5 Å². The quantitative estimate of drug-likeness (QED) is 0.184. The number of rotatable bonds is 9. The monoisotopic (exact) mass is 545 g/mol. The number of nitrogens with one attached hydrogen (secondary N) is 4. The normalized spacial score (nSPS) is 13.1. The molecule has 6 N–H and O–H groups in total. The Balaban J connectivity index is 2.19. The Bertz CT molecular complexity index is 1160. The van der Waals surface area contributed by atoms with Crippen LogP contribution in [-0.2, 0) is 19.1 Å². The maximum atomic E-state index is 13.5. The van der Waals surface area contributed by atoms with E-state index in [-0.39, 0.29) is 17.1 Å². The lowest BCUT2D eigenvalue weighted by atomic mass is 9.85. The molecule has 0 aliphatic carbocycles. The second-order valence-electron chi connectivity index (χ2n) is 10.8. The average Bonchev–Trinajstić information content (AvgIpc) is 2.81. The fourth-order valence-corrected chi connectivity index (χ4v) is 3.56. The SMILES string of the molecule is CC(C)(C)OC(=O)CNNC(=O)C(NC(=O)[C@@H](NC(=O)c1ccc(N)c(Cl)c1)C(C)(C)C)c1ccccc1. The average molecular weight is 546 g/mol. The van der Waals surface area contributed by atoms with Crippen molar-refractivity contribution in [2.24, 2.45) is 5.41 Å². The van der Waals surface area contributed by atoms with Crippen LogP contribution in [0.15, 0.2) is 48.5 Å². The molecule has 0 spiro atoms. The van der Waals surface area contributed by atoms with E-state index in [1.54, 1.807) is 71.9 Å². The zero-order chi connectivity index (χ0) is 28.7. The topological polar surface area (TPSA) is 152 Å². The maximum Gasteiger partial charge on any atom is 0.322 e. The smallest absolute Gasteiger partial charge is 0.322 e. The first kappa shape index (κ1) is 30.6. The van der Waals surface area contributed by atoms with E-state index >= 15 is 0 Å². The third-order valence-electron chi connectivity index (χ3n) is 5.21. The highest BCUT2D eigenvalue weighted by Gasteiger charge is 2.35. The number of nitrogens with two attached hydrogens (primary N) is 1. The number of anilines is 1. The number of hydrazine groups is 1. The largest absolute Gasteiger partial charge is 0.459 e. The predicted octanol–water partition coefficient (Wildman–Crippen LogP) is 2.89. The van der Waals surface area contributed by atoms with Gasteiger partial charge in [0.1, 0.15) is 24.2 Å². The summed E-state index contributed by atoms with van der Waals surface area (Å²) in [6, 6.07) is 10.9. The van der Waals surface area contributed by atoms with Crippen LogP contribution in [0.2, 0.25) is 5.02 Å². The maximum absolute atomic E-state index is 13.5. The number of ether oxygens (including phenoxy) is 1. The Labute approximate surface area is 228 Å². The Morgan fingerprint density at radius 3 is 2.11 bits per heavy atom. The highest BCUT2D eigenvalue weighted by Crippen LogP contribution is 2.23. The lowest BCUT2D eigenvalue weighted by Crippen LogP contribution is -2.56. The molecule has 2 atom stereocenters.